The van der Waals surface area contributed by atoms with Crippen molar-refractivity contribution in [1.29, 1.82) is 0 Å². The van der Waals surface area contributed by atoms with E-state index in [9.17, 15) is 0 Å². The van der Waals surface area contributed by atoms with E-state index >= 15 is 0 Å². The smallest absolute Gasteiger partial charge is 0.231 e. The molecule has 5 heteroatoms. The Kier molecular flexibility index (Phi) is 3.90. The van der Waals surface area contributed by atoms with Crippen LogP contribution in [0.3, 0.4) is 0 Å². The molecule has 0 amide bonds. The monoisotopic (exact) mass is 275 g/mol. The Morgan fingerprint density at radius 3 is 2.95 bits per heavy atom. The van der Waals surface area contributed by atoms with Crippen LogP contribution in [0.25, 0.3) is 0 Å². The van der Waals surface area contributed by atoms with Gasteiger partial charge in [0.05, 0.1) is 26.0 Å². The lowest BCUT2D eigenvalue weighted by molar-refractivity contribution is 0.105. The molecular formula is C15H17NO4. The average molecular weight is 275 g/mol. The molecule has 0 saturated heterocycles. The maximum Gasteiger partial charge on any atom is 0.231 e. The quantitative estimate of drug-likeness (QED) is 0.877. The number of ether oxygens (including phenoxy) is 3. The molecule has 106 valence electrons. The summed E-state index contributed by atoms with van der Waals surface area (Å²) in [7, 11) is 1.89. The summed E-state index contributed by atoms with van der Waals surface area (Å²) in [5.41, 5.74) is 2.13. The highest BCUT2D eigenvalue weighted by atomic mass is 16.7. The average Bonchev–Trinajstić information content (AvgIpc) is 3.08. The summed E-state index contributed by atoms with van der Waals surface area (Å²) >= 11 is 0. The van der Waals surface area contributed by atoms with E-state index in [1.165, 1.54) is 0 Å². The van der Waals surface area contributed by atoms with Crippen molar-refractivity contribution in [2.45, 2.75) is 19.8 Å². The lowest BCUT2D eigenvalue weighted by atomic mass is 10.2. The first kappa shape index (κ1) is 13.0. The third kappa shape index (κ3) is 2.79. The highest BCUT2D eigenvalue weighted by molar-refractivity contribution is 5.44. The first-order chi connectivity index (χ1) is 9.86. The van der Waals surface area contributed by atoms with Gasteiger partial charge in [0.25, 0.3) is 0 Å². The first-order valence-corrected chi connectivity index (χ1v) is 6.53. The predicted molar refractivity (Wildman–Crippen MR) is 72.5 cm³/mol. The van der Waals surface area contributed by atoms with Crippen molar-refractivity contribution in [3.8, 4) is 11.5 Å². The summed E-state index contributed by atoms with van der Waals surface area (Å²) in [6, 6.07) is 7.78. The van der Waals surface area contributed by atoms with Gasteiger partial charge in [-0.15, -0.1) is 0 Å². The van der Waals surface area contributed by atoms with E-state index < -0.39 is 0 Å². The minimum absolute atomic E-state index is 0.294. The maximum atomic E-state index is 5.73. The number of hydrogen-bond acceptors (Lipinski definition) is 5. The Hall–Kier alpha value is -1.98. The molecule has 0 atom stereocenters. The zero-order valence-electron chi connectivity index (χ0n) is 11.3. The normalized spacial score (nSPS) is 12.8. The van der Waals surface area contributed by atoms with Gasteiger partial charge in [-0.1, -0.05) is 6.07 Å². The molecule has 2 heterocycles. The Balaban J connectivity index is 1.56. The van der Waals surface area contributed by atoms with Crippen molar-refractivity contribution in [1.82, 2.24) is 5.32 Å². The number of nitrogens with one attached hydrogen (secondary N) is 1. The summed E-state index contributed by atoms with van der Waals surface area (Å²) in [5.74, 6) is 2.49. The van der Waals surface area contributed by atoms with Gasteiger partial charge in [-0.05, 0) is 30.8 Å². The van der Waals surface area contributed by atoms with E-state index in [4.69, 9.17) is 18.6 Å². The molecule has 1 aromatic carbocycles. The van der Waals surface area contributed by atoms with Crippen LogP contribution in [0.2, 0.25) is 0 Å². The number of furan rings is 1. The molecule has 5 nitrogen and oxygen atoms in total. The highest BCUT2D eigenvalue weighted by Gasteiger charge is 2.13. The van der Waals surface area contributed by atoms with Gasteiger partial charge in [-0.2, -0.15) is 0 Å². The van der Waals surface area contributed by atoms with Crippen LogP contribution in [0.1, 0.15) is 16.9 Å². The van der Waals surface area contributed by atoms with Crippen LogP contribution in [-0.2, 0) is 24.5 Å². The van der Waals surface area contributed by atoms with Gasteiger partial charge >= 0.3 is 0 Å². The van der Waals surface area contributed by atoms with Crippen LogP contribution in [0.5, 0.6) is 11.5 Å². The topological polar surface area (TPSA) is 52.9 Å². The minimum atomic E-state index is 0.294. The fourth-order valence-corrected chi connectivity index (χ4v) is 2.12. The van der Waals surface area contributed by atoms with E-state index in [1.807, 2.05) is 31.3 Å². The molecule has 0 aliphatic carbocycles. The fraction of sp³-hybridized carbons (Fsp3) is 0.333. The predicted octanol–water partition coefficient (Wildman–Crippen LogP) is 2.44. The van der Waals surface area contributed by atoms with Crippen molar-refractivity contribution in [2.75, 3.05) is 13.8 Å². The molecule has 0 bridgehead atoms. The van der Waals surface area contributed by atoms with Crippen LogP contribution >= 0.6 is 0 Å². The molecular weight excluding hydrogens is 258 g/mol. The minimum Gasteiger partial charge on any atom is -0.468 e. The molecule has 1 N–H and O–H groups in total. The summed E-state index contributed by atoms with van der Waals surface area (Å²) in [5, 5.41) is 3.07. The lowest BCUT2D eigenvalue weighted by Gasteiger charge is -2.06. The molecule has 3 rings (SSSR count). The molecule has 20 heavy (non-hydrogen) atoms. The number of hydrogen-bond donors (Lipinski definition) is 1. The Morgan fingerprint density at radius 2 is 2.05 bits per heavy atom. The van der Waals surface area contributed by atoms with E-state index in [1.54, 1.807) is 6.26 Å². The van der Waals surface area contributed by atoms with Crippen LogP contribution in [0.15, 0.2) is 34.9 Å². The highest BCUT2D eigenvalue weighted by Crippen LogP contribution is 2.32. The van der Waals surface area contributed by atoms with E-state index in [0.29, 0.717) is 26.6 Å². The Labute approximate surface area is 117 Å². The molecule has 0 fully saturated rings. The van der Waals surface area contributed by atoms with Crippen LogP contribution < -0.4 is 14.8 Å². The fourth-order valence-electron chi connectivity index (χ4n) is 2.12. The van der Waals surface area contributed by atoms with Gasteiger partial charge in [-0.25, -0.2) is 0 Å². The zero-order chi connectivity index (χ0) is 13.8. The van der Waals surface area contributed by atoms with Gasteiger partial charge in [0.1, 0.15) is 5.76 Å². The molecule has 1 aromatic heterocycles. The maximum absolute atomic E-state index is 5.73. The van der Waals surface area contributed by atoms with Gasteiger partial charge in [0.15, 0.2) is 11.5 Å². The van der Waals surface area contributed by atoms with Gasteiger partial charge < -0.3 is 23.9 Å². The lowest BCUT2D eigenvalue weighted by Crippen LogP contribution is -2.06. The van der Waals surface area contributed by atoms with E-state index in [-0.39, 0.29) is 0 Å². The van der Waals surface area contributed by atoms with E-state index in [0.717, 1.165) is 28.4 Å². The summed E-state index contributed by atoms with van der Waals surface area (Å²) in [6.07, 6.45) is 1.69. The zero-order valence-corrected chi connectivity index (χ0v) is 11.3. The molecule has 0 spiro atoms. The summed E-state index contributed by atoms with van der Waals surface area (Å²) in [6.45, 7) is 2.06. The SMILES string of the molecule is CNCc1occc1COCc1ccc2c(c1)OCO2. The third-order valence-corrected chi connectivity index (χ3v) is 3.14. The Morgan fingerprint density at radius 1 is 1.15 bits per heavy atom. The van der Waals surface area contributed by atoms with Gasteiger partial charge in [0.2, 0.25) is 6.79 Å². The molecule has 1 aliphatic rings. The molecule has 1 aliphatic heterocycles. The molecule has 2 aromatic rings. The van der Waals surface area contributed by atoms with Crippen LogP contribution in [-0.4, -0.2) is 13.8 Å². The number of fused-ring (bicyclic) bond motifs is 1. The third-order valence-electron chi connectivity index (χ3n) is 3.14. The van der Waals surface area contributed by atoms with Crippen molar-refractivity contribution in [2.24, 2.45) is 0 Å². The number of benzene rings is 1. The summed E-state index contributed by atoms with van der Waals surface area (Å²) in [4.78, 5) is 0. The van der Waals surface area contributed by atoms with Crippen molar-refractivity contribution in [3.63, 3.8) is 0 Å². The van der Waals surface area contributed by atoms with E-state index in [2.05, 4.69) is 5.32 Å². The molecule has 0 radical (unpaired) electrons. The second-order valence-corrected chi connectivity index (χ2v) is 4.58. The van der Waals surface area contributed by atoms with Crippen molar-refractivity contribution < 1.29 is 18.6 Å². The second kappa shape index (κ2) is 5.98. The first-order valence-electron chi connectivity index (χ1n) is 6.53. The van der Waals surface area contributed by atoms with Crippen molar-refractivity contribution in [3.05, 3.63) is 47.4 Å². The second-order valence-electron chi connectivity index (χ2n) is 4.58. The van der Waals surface area contributed by atoms with Crippen LogP contribution in [0.4, 0.5) is 0 Å². The molecule has 0 saturated carbocycles. The van der Waals surface area contributed by atoms with Crippen molar-refractivity contribution >= 4 is 0 Å². The number of rotatable bonds is 6. The Bertz CT molecular complexity index is 579. The summed E-state index contributed by atoms with van der Waals surface area (Å²) < 4.78 is 21.7. The van der Waals surface area contributed by atoms with Gasteiger partial charge in [-0.3, -0.25) is 0 Å². The largest absolute Gasteiger partial charge is 0.468 e. The molecule has 0 unspecified atom stereocenters. The van der Waals surface area contributed by atoms with Gasteiger partial charge in [0, 0.05) is 5.56 Å². The standard InChI is InChI=1S/C15H17NO4/c1-16-7-15-12(4-5-18-15)9-17-8-11-2-3-13-14(6-11)20-10-19-13/h2-6,16H,7-10H2,1H3. The van der Waals surface area contributed by atoms with Crippen LogP contribution in [0, 0.1) is 0 Å².